The summed E-state index contributed by atoms with van der Waals surface area (Å²) in [7, 11) is 2.21. The maximum Gasteiger partial charge on any atom is 0.125 e. The highest BCUT2D eigenvalue weighted by Gasteiger charge is 2.41. The molecule has 2 aliphatic rings. The molecule has 0 spiro atoms. The summed E-state index contributed by atoms with van der Waals surface area (Å²) in [6.45, 7) is 6.71. The quantitative estimate of drug-likeness (QED) is 0.884. The molecule has 0 bridgehead atoms. The van der Waals surface area contributed by atoms with Crippen molar-refractivity contribution in [3.8, 4) is 5.75 Å². The number of hydrogen-bond donors (Lipinski definition) is 1. The van der Waals surface area contributed by atoms with Crippen LogP contribution in [-0.4, -0.2) is 36.7 Å². The van der Waals surface area contributed by atoms with Gasteiger partial charge < -0.3 is 15.0 Å². The number of piperidine rings is 1. The van der Waals surface area contributed by atoms with Gasteiger partial charge in [0.1, 0.15) is 11.4 Å². The largest absolute Gasteiger partial charge is 0.486 e. The van der Waals surface area contributed by atoms with E-state index in [0.29, 0.717) is 12.1 Å². The second-order valence-electron chi connectivity index (χ2n) is 6.44. The van der Waals surface area contributed by atoms with Crippen molar-refractivity contribution >= 4 is 0 Å². The first-order valence-corrected chi connectivity index (χ1v) is 7.29. The Morgan fingerprint density at radius 3 is 2.89 bits per heavy atom. The summed E-state index contributed by atoms with van der Waals surface area (Å²) in [5, 5.41) is 3.83. The Balaban J connectivity index is 1.79. The second kappa shape index (κ2) is 4.80. The molecule has 19 heavy (non-hydrogen) atoms. The highest BCUT2D eigenvalue weighted by molar-refractivity contribution is 5.42. The van der Waals surface area contributed by atoms with Crippen LogP contribution in [0.2, 0.25) is 0 Å². The van der Waals surface area contributed by atoms with Gasteiger partial charge in [-0.15, -0.1) is 0 Å². The Kier molecular flexibility index (Phi) is 3.27. The summed E-state index contributed by atoms with van der Waals surface area (Å²) < 4.78 is 6.10. The van der Waals surface area contributed by atoms with E-state index in [1.165, 1.54) is 24.9 Å². The van der Waals surface area contributed by atoms with Crippen LogP contribution >= 0.6 is 0 Å². The predicted molar refractivity (Wildman–Crippen MR) is 77.5 cm³/mol. The molecule has 0 saturated carbocycles. The molecule has 1 saturated heterocycles. The van der Waals surface area contributed by atoms with E-state index in [9.17, 15) is 0 Å². The third kappa shape index (κ3) is 2.49. The molecule has 1 N–H and O–H groups in total. The van der Waals surface area contributed by atoms with Gasteiger partial charge >= 0.3 is 0 Å². The minimum Gasteiger partial charge on any atom is -0.486 e. The van der Waals surface area contributed by atoms with E-state index in [1.54, 1.807) is 0 Å². The molecule has 2 atom stereocenters. The fourth-order valence-electron chi connectivity index (χ4n) is 3.36. The first-order valence-electron chi connectivity index (χ1n) is 7.29. The average Bonchev–Trinajstić information content (AvgIpc) is 2.61. The molecule has 0 aliphatic carbocycles. The summed E-state index contributed by atoms with van der Waals surface area (Å²) >= 11 is 0. The van der Waals surface area contributed by atoms with Gasteiger partial charge in [0.05, 0.1) is 6.04 Å². The highest BCUT2D eigenvalue weighted by Crippen LogP contribution is 2.43. The monoisotopic (exact) mass is 260 g/mol. The Morgan fingerprint density at radius 2 is 2.11 bits per heavy atom. The summed E-state index contributed by atoms with van der Waals surface area (Å²) in [6, 6.07) is 9.27. The van der Waals surface area contributed by atoms with Crippen molar-refractivity contribution in [2.75, 3.05) is 20.1 Å². The molecule has 3 nitrogen and oxygen atoms in total. The predicted octanol–water partition coefficient (Wildman–Crippen LogP) is 2.58. The number of nitrogens with one attached hydrogen (secondary N) is 1. The van der Waals surface area contributed by atoms with E-state index < -0.39 is 0 Å². The van der Waals surface area contributed by atoms with E-state index >= 15 is 0 Å². The molecule has 1 aromatic carbocycles. The maximum absolute atomic E-state index is 6.10. The van der Waals surface area contributed by atoms with Crippen LogP contribution < -0.4 is 10.1 Å². The van der Waals surface area contributed by atoms with Crippen molar-refractivity contribution in [2.24, 2.45) is 0 Å². The van der Waals surface area contributed by atoms with Crippen molar-refractivity contribution in [3.05, 3.63) is 29.8 Å². The number of nitrogens with zero attached hydrogens (tertiary/aromatic N) is 1. The summed E-state index contributed by atoms with van der Waals surface area (Å²) in [5.74, 6) is 1.04. The van der Waals surface area contributed by atoms with Gasteiger partial charge in [-0.05, 0) is 46.3 Å². The minimum absolute atomic E-state index is 0.167. The molecule has 2 heterocycles. The Morgan fingerprint density at radius 1 is 1.32 bits per heavy atom. The zero-order valence-corrected chi connectivity index (χ0v) is 12.1. The molecule has 1 aromatic rings. The van der Waals surface area contributed by atoms with E-state index in [2.05, 4.69) is 49.3 Å². The number of likely N-dealkylation sites (tertiary alicyclic amines) is 1. The normalized spacial score (nSPS) is 29.8. The standard InChI is InChI=1S/C16H24N2O/c1-16(2)15(13-8-4-5-9-14(13)19-16)17-12-7-6-10-18(3)11-12/h4-5,8-9,12,15,17H,6-7,10-11H2,1-3H3. The highest BCUT2D eigenvalue weighted by atomic mass is 16.5. The molecule has 2 unspecified atom stereocenters. The Labute approximate surface area is 115 Å². The third-order valence-corrected chi connectivity index (χ3v) is 4.33. The van der Waals surface area contributed by atoms with Crippen LogP contribution in [0.15, 0.2) is 24.3 Å². The van der Waals surface area contributed by atoms with Crippen molar-refractivity contribution in [2.45, 2.75) is 44.4 Å². The van der Waals surface area contributed by atoms with Crippen LogP contribution in [0.1, 0.15) is 38.3 Å². The van der Waals surface area contributed by atoms with Crippen molar-refractivity contribution in [1.82, 2.24) is 10.2 Å². The summed E-state index contributed by atoms with van der Waals surface area (Å²) in [6.07, 6.45) is 2.54. The van der Waals surface area contributed by atoms with Gasteiger partial charge in [0.2, 0.25) is 0 Å². The van der Waals surface area contributed by atoms with E-state index in [0.717, 1.165) is 12.3 Å². The first kappa shape index (κ1) is 12.9. The van der Waals surface area contributed by atoms with E-state index in [4.69, 9.17) is 4.74 Å². The summed E-state index contributed by atoms with van der Waals surface area (Å²) in [4.78, 5) is 2.41. The van der Waals surface area contributed by atoms with Crippen LogP contribution in [0.4, 0.5) is 0 Å². The van der Waals surface area contributed by atoms with E-state index in [-0.39, 0.29) is 5.60 Å². The molecular weight excluding hydrogens is 236 g/mol. The third-order valence-electron chi connectivity index (χ3n) is 4.33. The van der Waals surface area contributed by atoms with E-state index in [1.807, 2.05) is 6.07 Å². The lowest BCUT2D eigenvalue weighted by atomic mass is 9.92. The number of rotatable bonds is 2. The lowest BCUT2D eigenvalue weighted by molar-refractivity contribution is 0.0830. The van der Waals surface area contributed by atoms with Gasteiger partial charge in [0.25, 0.3) is 0 Å². The average molecular weight is 260 g/mol. The van der Waals surface area contributed by atoms with Crippen molar-refractivity contribution in [3.63, 3.8) is 0 Å². The number of para-hydroxylation sites is 1. The molecule has 0 aromatic heterocycles. The van der Waals surface area contributed by atoms with Crippen molar-refractivity contribution < 1.29 is 4.74 Å². The van der Waals surface area contributed by atoms with Crippen LogP contribution in [0, 0.1) is 0 Å². The maximum atomic E-state index is 6.10. The lowest BCUT2D eigenvalue weighted by Gasteiger charge is -2.35. The van der Waals surface area contributed by atoms with Crippen molar-refractivity contribution in [1.29, 1.82) is 0 Å². The Bertz CT molecular complexity index is 458. The van der Waals surface area contributed by atoms with Gasteiger partial charge in [-0.25, -0.2) is 0 Å². The fourth-order valence-corrected chi connectivity index (χ4v) is 3.36. The van der Waals surface area contributed by atoms with Gasteiger partial charge in [-0.3, -0.25) is 0 Å². The number of hydrogen-bond acceptors (Lipinski definition) is 3. The number of fused-ring (bicyclic) bond motifs is 1. The smallest absolute Gasteiger partial charge is 0.125 e. The second-order valence-corrected chi connectivity index (χ2v) is 6.44. The van der Waals surface area contributed by atoms with Crippen LogP contribution in [0.3, 0.4) is 0 Å². The van der Waals surface area contributed by atoms with Gasteiger partial charge in [-0.1, -0.05) is 18.2 Å². The van der Waals surface area contributed by atoms with Gasteiger partial charge in [0, 0.05) is 18.2 Å². The molecule has 3 heteroatoms. The molecular formula is C16H24N2O. The SMILES string of the molecule is CN1CCCC(NC2c3ccccc3OC2(C)C)C1. The molecule has 0 radical (unpaired) electrons. The number of ether oxygens (including phenoxy) is 1. The zero-order valence-electron chi connectivity index (χ0n) is 12.1. The fraction of sp³-hybridized carbons (Fsp3) is 0.625. The molecule has 2 aliphatic heterocycles. The zero-order chi connectivity index (χ0) is 13.5. The minimum atomic E-state index is -0.167. The van der Waals surface area contributed by atoms with Crippen LogP contribution in [-0.2, 0) is 0 Å². The summed E-state index contributed by atoms with van der Waals surface area (Å²) in [5.41, 5.74) is 1.14. The number of likely N-dealkylation sites (N-methyl/N-ethyl adjacent to an activating group) is 1. The van der Waals surface area contributed by atoms with Crippen LogP contribution in [0.5, 0.6) is 5.75 Å². The molecule has 104 valence electrons. The molecule has 0 amide bonds. The Hall–Kier alpha value is -1.06. The number of benzene rings is 1. The topological polar surface area (TPSA) is 24.5 Å². The molecule has 1 fully saturated rings. The first-order chi connectivity index (χ1) is 9.06. The van der Waals surface area contributed by atoms with Gasteiger partial charge in [0.15, 0.2) is 0 Å². The molecule has 3 rings (SSSR count). The van der Waals surface area contributed by atoms with Gasteiger partial charge in [-0.2, -0.15) is 0 Å². The van der Waals surface area contributed by atoms with Crippen LogP contribution in [0.25, 0.3) is 0 Å². The lowest BCUT2D eigenvalue weighted by Crippen LogP contribution is -2.49.